The van der Waals surface area contributed by atoms with E-state index < -0.39 is 0 Å². The molecule has 2 fully saturated rings. The second-order valence-electron chi connectivity index (χ2n) is 9.07. The second kappa shape index (κ2) is 7.62. The maximum Gasteiger partial charge on any atom is 0.336 e. The molecule has 2 bridgehead atoms. The van der Waals surface area contributed by atoms with Crippen LogP contribution in [0, 0.1) is 11.3 Å². The lowest BCUT2D eigenvalue weighted by atomic mass is 9.60. The van der Waals surface area contributed by atoms with Crippen molar-refractivity contribution in [3.63, 3.8) is 0 Å². The van der Waals surface area contributed by atoms with Gasteiger partial charge in [-0.2, -0.15) is 0 Å². The first kappa shape index (κ1) is 20.2. The molecule has 1 N–H and O–H groups in total. The summed E-state index contributed by atoms with van der Waals surface area (Å²) in [6.45, 7) is 7.61. The summed E-state index contributed by atoms with van der Waals surface area (Å²) in [6.07, 6.45) is 5.55. The second-order valence-corrected chi connectivity index (χ2v) is 9.07. The molecule has 2 heterocycles. The van der Waals surface area contributed by atoms with Crippen LogP contribution in [0.4, 0.5) is 0 Å². The third-order valence-corrected chi connectivity index (χ3v) is 7.03. The molecule has 1 aliphatic carbocycles. The molecular weight excluding hydrogens is 368 g/mol. The number of allylic oxidation sites excluding steroid dienone is 1. The molecule has 0 spiro atoms. The maximum atomic E-state index is 11.4. The molecule has 1 saturated heterocycles. The summed E-state index contributed by atoms with van der Waals surface area (Å²) >= 11 is 0. The zero-order chi connectivity index (χ0) is 20.6. The number of rotatable bonds is 6. The minimum atomic E-state index is -0.362. The summed E-state index contributed by atoms with van der Waals surface area (Å²) in [5.74, 6) is 1.05. The van der Waals surface area contributed by atoms with Crippen LogP contribution in [-0.4, -0.2) is 30.0 Å². The van der Waals surface area contributed by atoms with Gasteiger partial charge < -0.3 is 19.0 Å². The maximum absolute atomic E-state index is 11.4. The molecule has 4 rings (SSSR count). The van der Waals surface area contributed by atoms with Gasteiger partial charge in [0.2, 0.25) is 0 Å². The van der Waals surface area contributed by atoms with E-state index in [0.29, 0.717) is 30.5 Å². The monoisotopic (exact) mass is 398 g/mol. The van der Waals surface area contributed by atoms with E-state index in [1.165, 1.54) is 11.6 Å². The summed E-state index contributed by atoms with van der Waals surface area (Å²) in [5.41, 5.74) is 1.18. The van der Waals surface area contributed by atoms with Gasteiger partial charge in [-0.25, -0.2) is 4.79 Å². The van der Waals surface area contributed by atoms with Crippen LogP contribution in [0.25, 0.3) is 11.0 Å². The number of ether oxygens (including phenoxy) is 2. The molecule has 1 saturated carbocycles. The van der Waals surface area contributed by atoms with Gasteiger partial charge in [0.15, 0.2) is 0 Å². The number of aliphatic hydroxyl groups excluding tert-OH is 1. The number of hydrogen-bond acceptors (Lipinski definition) is 5. The molecule has 1 aromatic heterocycles. The lowest BCUT2D eigenvalue weighted by molar-refractivity contribution is -0.0578. The van der Waals surface area contributed by atoms with Crippen molar-refractivity contribution in [3.8, 4) is 5.75 Å². The standard InChI is InChI=1S/C24H30O5/c1-16(4-8-20-23(2)15-28-24(20,3)12-10-21(23)25)11-13-27-18-7-5-17-6-9-22(26)29-19(17)14-18/h5-7,9,11,14,20-21,25H,4,8,10,12-13,15H2,1-3H3/b16-11+/t20-,21-,23+,24+/m1/s1. The quantitative estimate of drug-likeness (QED) is 0.575. The van der Waals surface area contributed by atoms with Gasteiger partial charge in [0.25, 0.3) is 0 Å². The summed E-state index contributed by atoms with van der Waals surface area (Å²) in [6, 6.07) is 8.68. The van der Waals surface area contributed by atoms with Crippen LogP contribution in [0.15, 0.2) is 51.2 Å². The van der Waals surface area contributed by atoms with Crippen LogP contribution in [-0.2, 0) is 4.74 Å². The Kier molecular flexibility index (Phi) is 5.30. The van der Waals surface area contributed by atoms with E-state index in [2.05, 4.69) is 26.8 Å². The van der Waals surface area contributed by atoms with Crippen LogP contribution < -0.4 is 10.4 Å². The number of hydrogen-bond donors (Lipinski definition) is 1. The highest BCUT2D eigenvalue weighted by atomic mass is 16.5. The molecule has 1 aliphatic heterocycles. The smallest absolute Gasteiger partial charge is 0.336 e. The van der Waals surface area contributed by atoms with Gasteiger partial charge in [-0.1, -0.05) is 12.5 Å². The summed E-state index contributed by atoms with van der Waals surface area (Å²) in [5, 5.41) is 11.4. The normalized spacial score (nSPS) is 31.9. The molecule has 2 aliphatic rings. The molecule has 29 heavy (non-hydrogen) atoms. The number of benzene rings is 1. The molecule has 0 amide bonds. The van der Waals surface area contributed by atoms with Crippen molar-refractivity contribution in [1.82, 2.24) is 0 Å². The number of aliphatic hydroxyl groups is 1. The highest BCUT2D eigenvalue weighted by molar-refractivity contribution is 5.77. The molecular formula is C24H30O5. The average molecular weight is 398 g/mol. The molecule has 5 nitrogen and oxygen atoms in total. The molecule has 2 aromatic rings. The van der Waals surface area contributed by atoms with Crippen LogP contribution in [0.2, 0.25) is 0 Å². The van der Waals surface area contributed by atoms with Crippen LogP contribution in [0.1, 0.15) is 46.5 Å². The highest BCUT2D eigenvalue weighted by Gasteiger charge is 2.59. The molecule has 4 atom stereocenters. The molecule has 0 radical (unpaired) electrons. The van der Waals surface area contributed by atoms with E-state index in [9.17, 15) is 9.90 Å². The average Bonchev–Trinajstić information content (AvgIpc) is 2.89. The fourth-order valence-electron chi connectivity index (χ4n) is 5.07. The van der Waals surface area contributed by atoms with Gasteiger partial charge in [-0.3, -0.25) is 0 Å². The predicted octanol–water partition coefficient (Wildman–Crippen LogP) is 4.46. The Labute approximate surface area is 171 Å². The van der Waals surface area contributed by atoms with Gasteiger partial charge in [0.1, 0.15) is 17.9 Å². The number of fused-ring (bicyclic) bond motifs is 3. The van der Waals surface area contributed by atoms with Crippen LogP contribution in [0.3, 0.4) is 0 Å². The van der Waals surface area contributed by atoms with Crippen molar-refractivity contribution < 1.29 is 19.0 Å². The van der Waals surface area contributed by atoms with Crippen LogP contribution >= 0.6 is 0 Å². The summed E-state index contributed by atoms with van der Waals surface area (Å²) in [4.78, 5) is 11.4. The van der Waals surface area contributed by atoms with Gasteiger partial charge in [-0.15, -0.1) is 0 Å². The zero-order valence-corrected chi connectivity index (χ0v) is 17.4. The Morgan fingerprint density at radius 2 is 2.10 bits per heavy atom. The molecule has 156 valence electrons. The summed E-state index contributed by atoms with van der Waals surface area (Å²) < 4.78 is 17.2. The van der Waals surface area contributed by atoms with Gasteiger partial charge in [0.05, 0.1) is 18.3 Å². The Balaban J connectivity index is 1.35. The Morgan fingerprint density at radius 3 is 2.93 bits per heavy atom. The van der Waals surface area contributed by atoms with Crippen molar-refractivity contribution >= 4 is 11.0 Å². The SMILES string of the molecule is C/C(=C\COc1ccc2ccc(=O)oc2c1)CC[C@@H]1[C@]2(C)CO[C@@]1(C)CC[C@H]2O. The first-order valence-electron chi connectivity index (χ1n) is 10.4. The van der Waals surface area contributed by atoms with E-state index in [4.69, 9.17) is 13.9 Å². The predicted molar refractivity (Wildman–Crippen MR) is 112 cm³/mol. The first-order chi connectivity index (χ1) is 13.8. The lowest BCUT2D eigenvalue weighted by Crippen LogP contribution is -2.49. The fourth-order valence-corrected chi connectivity index (χ4v) is 5.07. The largest absolute Gasteiger partial charge is 0.489 e. The van der Waals surface area contributed by atoms with Crippen molar-refractivity contribution in [3.05, 3.63) is 52.4 Å². The van der Waals surface area contributed by atoms with Crippen molar-refractivity contribution in [1.29, 1.82) is 0 Å². The lowest BCUT2D eigenvalue weighted by Gasteiger charge is -2.45. The summed E-state index contributed by atoms with van der Waals surface area (Å²) in [7, 11) is 0. The molecule has 5 heteroatoms. The highest BCUT2D eigenvalue weighted by Crippen LogP contribution is 2.56. The minimum Gasteiger partial charge on any atom is -0.489 e. The zero-order valence-electron chi connectivity index (χ0n) is 17.4. The van der Waals surface area contributed by atoms with E-state index in [1.54, 1.807) is 12.1 Å². The van der Waals surface area contributed by atoms with Crippen molar-refractivity contribution in [2.45, 2.75) is 58.2 Å². The molecule has 1 aromatic carbocycles. The Morgan fingerprint density at radius 1 is 1.31 bits per heavy atom. The third kappa shape index (κ3) is 3.86. The minimum absolute atomic E-state index is 0.111. The molecule has 0 unspecified atom stereocenters. The first-order valence-corrected chi connectivity index (χ1v) is 10.4. The van der Waals surface area contributed by atoms with Crippen LogP contribution in [0.5, 0.6) is 5.75 Å². The van der Waals surface area contributed by atoms with E-state index in [0.717, 1.165) is 31.1 Å². The van der Waals surface area contributed by atoms with E-state index >= 15 is 0 Å². The van der Waals surface area contributed by atoms with Gasteiger partial charge in [0, 0.05) is 22.9 Å². The fraction of sp³-hybridized carbons (Fsp3) is 0.542. The third-order valence-electron chi connectivity index (χ3n) is 7.03. The topological polar surface area (TPSA) is 68.9 Å². The van der Waals surface area contributed by atoms with Gasteiger partial charge >= 0.3 is 5.63 Å². The van der Waals surface area contributed by atoms with Crippen molar-refractivity contribution in [2.75, 3.05) is 13.2 Å². The Hall–Kier alpha value is -2.11. The van der Waals surface area contributed by atoms with E-state index in [-0.39, 0.29) is 22.7 Å². The Bertz CT molecular complexity index is 973. The van der Waals surface area contributed by atoms with Gasteiger partial charge in [-0.05, 0) is 69.7 Å². The van der Waals surface area contributed by atoms with E-state index in [1.807, 2.05) is 12.1 Å². The van der Waals surface area contributed by atoms with Crippen molar-refractivity contribution in [2.24, 2.45) is 11.3 Å².